The second-order valence-electron chi connectivity index (χ2n) is 7.01. The monoisotopic (exact) mass is 288 g/mol. The normalized spacial score (nSPS) is 13.6. The third-order valence-corrected chi connectivity index (χ3v) is 10.5. The molecular weight excluding hydrogens is 256 g/mol. The van der Waals surface area contributed by atoms with Crippen molar-refractivity contribution in [2.75, 3.05) is 0 Å². The van der Waals surface area contributed by atoms with Crippen molar-refractivity contribution in [2.24, 2.45) is 0 Å². The molecule has 0 saturated heterocycles. The van der Waals surface area contributed by atoms with Gasteiger partial charge in [-0.2, -0.15) is 0 Å². The van der Waals surface area contributed by atoms with Gasteiger partial charge in [-0.1, -0.05) is 80.7 Å². The van der Waals surface area contributed by atoms with Crippen LogP contribution in [0.2, 0.25) is 16.6 Å². The standard InChI is InChI=1S/C15H32OSSi/c1-11(2)18(12(3)4,13(5)6)16-14(7)17-15(8,9)10/h11-13H,7H2,1-6,8-10H3. The van der Waals surface area contributed by atoms with Crippen LogP contribution in [-0.2, 0) is 4.43 Å². The molecule has 0 bridgehead atoms. The summed E-state index contributed by atoms with van der Waals surface area (Å²) in [7, 11) is -1.81. The lowest BCUT2D eigenvalue weighted by Crippen LogP contribution is -2.47. The SMILES string of the molecule is C=C(O[Si](C(C)C)(C(C)C)C(C)C)SC(C)(C)C. The Morgan fingerprint density at radius 2 is 1.28 bits per heavy atom. The molecule has 18 heavy (non-hydrogen) atoms. The van der Waals surface area contributed by atoms with Crippen LogP contribution in [0.3, 0.4) is 0 Å². The van der Waals surface area contributed by atoms with E-state index in [1.165, 1.54) is 0 Å². The summed E-state index contributed by atoms with van der Waals surface area (Å²) in [6.45, 7) is 24.6. The fourth-order valence-corrected chi connectivity index (χ4v) is 9.30. The Kier molecular flexibility index (Phi) is 6.55. The molecule has 0 amide bonds. The smallest absolute Gasteiger partial charge is 0.259 e. The summed E-state index contributed by atoms with van der Waals surface area (Å²) in [6, 6.07) is 0. The van der Waals surface area contributed by atoms with Crippen LogP contribution in [0.4, 0.5) is 0 Å². The predicted molar refractivity (Wildman–Crippen MR) is 88.6 cm³/mol. The molecule has 3 heteroatoms. The maximum absolute atomic E-state index is 6.51. The van der Waals surface area contributed by atoms with Crippen molar-refractivity contribution in [1.29, 1.82) is 0 Å². The highest BCUT2D eigenvalue weighted by Crippen LogP contribution is 2.45. The van der Waals surface area contributed by atoms with Crippen LogP contribution < -0.4 is 0 Å². The zero-order valence-electron chi connectivity index (χ0n) is 13.8. The molecule has 0 aromatic carbocycles. The van der Waals surface area contributed by atoms with E-state index in [0.29, 0.717) is 16.6 Å². The van der Waals surface area contributed by atoms with Gasteiger partial charge in [0.2, 0.25) is 0 Å². The third-order valence-electron chi connectivity index (χ3n) is 3.42. The van der Waals surface area contributed by atoms with Gasteiger partial charge in [0.1, 0.15) is 5.09 Å². The summed E-state index contributed by atoms with van der Waals surface area (Å²) in [4.78, 5) is 0. The predicted octanol–water partition coefficient (Wildman–Crippen LogP) is 6.18. The van der Waals surface area contributed by atoms with E-state index in [1.54, 1.807) is 11.8 Å². The van der Waals surface area contributed by atoms with E-state index in [1.807, 2.05) is 0 Å². The molecule has 0 atom stereocenters. The van der Waals surface area contributed by atoms with Crippen molar-refractivity contribution in [3.63, 3.8) is 0 Å². The molecule has 0 aromatic rings. The first-order valence-corrected chi connectivity index (χ1v) is 9.96. The highest BCUT2D eigenvalue weighted by Gasteiger charge is 2.47. The lowest BCUT2D eigenvalue weighted by Gasteiger charge is -2.43. The maximum Gasteiger partial charge on any atom is 0.259 e. The zero-order chi connectivity index (χ0) is 14.7. The minimum absolute atomic E-state index is 0.169. The van der Waals surface area contributed by atoms with Crippen LogP contribution in [0, 0.1) is 0 Å². The molecule has 1 nitrogen and oxygen atoms in total. The molecular formula is C15H32OSSi. The van der Waals surface area contributed by atoms with Crippen LogP contribution in [0.25, 0.3) is 0 Å². The lowest BCUT2D eigenvalue weighted by atomic mass is 10.3. The van der Waals surface area contributed by atoms with Crippen LogP contribution >= 0.6 is 11.8 Å². The Bertz CT molecular complexity index is 255. The van der Waals surface area contributed by atoms with Crippen molar-refractivity contribution in [1.82, 2.24) is 0 Å². The topological polar surface area (TPSA) is 9.23 Å². The van der Waals surface area contributed by atoms with Gasteiger partial charge in [0.05, 0.1) is 0 Å². The molecule has 0 aromatic heterocycles. The molecule has 0 heterocycles. The molecule has 0 saturated carbocycles. The molecule has 0 rings (SSSR count). The Balaban J connectivity index is 5.08. The van der Waals surface area contributed by atoms with E-state index in [9.17, 15) is 0 Å². The van der Waals surface area contributed by atoms with Crippen molar-refractivity contribution in [2.45, 2.75) is 83.7 Å². The van der Waals surface area contributed by atoms with Gasteiger partial charge in [0.15, 0.2) is 0 Å². The zero-order valence-corrected chi connectivity index (χ0v) is 15.6. The molecule has 0 N–H and O–H groups in total. The molecule has 0 unspecified atom stereocenters. The Labute approximate surface area is 120 Å². The number of thioether (sulfide) groups is 1. The van der Waals surface area contributed by atoms with Gasteiger partial charge in [-0.3, -0.25) is 0 Å². The average molecular weight is 289 g/mol. The second-order valence-corrected chi connectivity index (χ2v) is 14.3. The molecule has 0 aliphatic rings. The van der Waals surface area contributed by atoms with E-state index in [-0.39, 0.29) is 4.75 Å². The minimum atomic E-state index is -1.81. The minimum Gasteiger partial charge on any atom is -0.539 e. The Morgan fingerprint density at radius 3 is 1.50 bits per heavy atom. The highest BCUT2D eigenvalue weighted by atomic mass is 32.2. The largest absolute Gasteiger partial charge is 0.539 e. The van der Waals surface area contributed by atoms with Crippen molar-refractivity contribution >= 4 is 20.1 Å². The van der Waals surface area contributed by atoms with Gasteiger partial charge in [-0.05, 0) is 16.6 Å². The Morgan fingerprint density at radius 1 is 0.944 bits per heavy atom. The highest BCUT2D eigenvalue weighted by molar-refractivity contribution is 8.04. The quantitative estimate of drug-likeness (QED) is 0.426. The van der Waals surface area contributed by atoms with E-state index < -0.39 is 8.32 Å². The summed E-state index contributed by atoms with van der Waals surface area (Å²) in [6.07, 6.45) is 0. The number of hydrogen-bond donors (Lipinski definition) is 0. The summed E-state index contributed by atoms with van der Waals surface area (Å²) in [5.74, 6) is 0. The third kappa shape index (κ3) is 4.65. The fourth-order valence-electron chi connectivity index (χ4n) is 2.91. The number of rotatable bonds is 6. The summed E-state index contributed by atoms with van der Waals surface area (Å²) >= 11 is 1.75. The molecule has 0 radical (unpaired) electrons. The van der Waals surface area contributed by atoms with Gasteiger partial charge in [-0.15, -0.1) is 0 Å². The first-order chi connectivity index (χ1) is 7.93. The molecule has 0 aliphatic heterocycles. The van der Waals surface area contributed by atoms with Crippen molar-refractivity contribution in [3.8, 4) is 0 Å². The van der Waals surface area contributed by atoms with Gasteiger partial charge in [0.25, 0.3) is 8.32 Å². The first kappa shape index (κ1) is 18.1. The molecule has 0 fully saturated rings. The van der Waals surface area contributed by atoms with Crippen LogP contribution in [0.1, 0.15) is 62.3 Å². The van der Waals surface area contributed by atoms with Crippen LogP contribution in [0.15, 0.2) is 11.7 Å². The van der Waals surface area contributed by atoms with Crippen molar-refractivity contribution < 1.29 is 4.43 Å². The summed E-state index contributed by atoms with van der Waals surface area (Å²) < 4.78 is 6.67. The summed E-state index contributed by atoms with van der Waals surface area (Å²) in [5.41, 5.74) is 1.82. The van der Waals surface area contributed by atoms with E-state index in [0.717, 1.165) is 5.09 Å². The first-order valence-electron chi connectivity index (χ1n) is 7.00. The fraction of sp³-hybridized carbons (Fsp3) is 0.867. The van der Waals surface area contributed by atoms with Gasteiger partial charge in [0, 0.05) is 4.75 Å². The van der Waals surface area contributed by atoms with Gasteiger partial charge in [-0.25, -0.2) is 0 Å². The van der Waals surface area contributed by atoms with Crippen LogP contribution in [0.5, 0.6) is 0 Å². The molecule has 0 spiro atoms. The summed E-state index contributed by atoms with van der Waals surface area (Å²) in [5, 5.41) is 0.908. The van der Waals surface area contributed by atoms with Gasteiger partial charge >= 0.3 is 0 Å². The molecule has 0 aliphatic carbocycles. The van der Waals surface area contributed by atoms with E-state index in [4.69, 9.17) is 4.43 Å². The van der Waals surface area contributed by atoms with E-state index in [2.05, 4.69) is 68.9 Å². The number of hydrogen-bond acceptors (Lipinski definition) is 2. The maximum atomic E-state index is 6.51. The van der Waals surface area contributed by atoms with E-state index >= 15 is 0 Å². The van der Waals surface area contributed by atoms with Crippen LogP contribution in [-0.4, -0.2) is 13.1 Å². The van der Waals surface area contributed by atoms with Crippen molar-refractivity contribution in [3.05, 3.63) is 11.7 Å². The van der Waals surface area contributed by atoms with Gasteiger partial charge < -0.3 is 4.43 Å². The average Bonchev–Trinajstić information content (AvgIpc) is 2.09. The molecule has 108 valence electrons. The lowest BCUT2D eigenvalue weighted by molar-refractivity contribution is 0.404. The Hall–Kier alpha value is 0.107. The second kappa shape index (κ2) is 6.51.